The van der Waals surface area contributed by atoms with Crippen LogP contribution in [-0.2, 0) is 6.42 Å². The number of likely N-dealkylation sites (N-methyl/N-ethyl adjacent to an activating group) is 1. The second kappa shape index (κ2) is 9.92. The lowest BCUT2D eigenvalue weighted by molar-refractivity contribution is 0.0723. The van der Waals surface area contributed by atoms with Gasteiger partial charge in [-0.15, -0.1) is 0 Å². The zero-order valence-corrected chi connectivity index (χ0v) is 17.9. The number of furan rings is 1. The molecule has 0 fully saturated rings. The summed E-state index contributed by atoms with van der Waals surface area (Å²) in [7, 11) is 1.82. The highest BCUT2D eigenvalue weighted by Gasteiger charge is 2.22. The second-order valence-electron chi connectivity index (χ2n) is 7.69. The van der Waals surface area contributed by atoms with Gasteiger partial charge in [-0.1, -0.05) is 36.4 Å². The van der Waals surface area contributed by atoms with Crippen LogP contribution in [0.1, 0.15) is 32.8 Å². The number of fused-ring (bicyclic) bond motifs is 1. The first kappa shape index (κ1) is 21.3. The number of amides is 2. The Kier molecular flexibility index (Phi) is 6.60. The van der Waals surface area contributed by atoms with Gasteiger partial charge in [0.2, 0.25) is 0 Å². The number of nitrogens with one attached hydrogen (secondary N) is 1. The number of carbonyl (C=O) groups is 2. The molecule has 0 radical (unpaired) electrons. The van der Waals surface area contributed by atoms with Crippen molar-refractivity contribution in [3.05, 3.63) is 102 Å². The van der Waals surface area contributed by atoms with Gasteiger partial charge < -0.3 is 14.6 Å². The topological polar surface area (TPSA) is 75.4 Å². The molecule has 32 heavy (non-hydrogen) atoms. The highest BCUT2D eigenvalue weighted by molar-refractivity contribution is 5.97. The van der Waals surface area contributed by atoms with Crippen LogP contribution >= 0.6 is 0 Å². The fraction of sp³-hybridized carbons (Fsp3) is 0.192. The molecule has 1 atom stereocenters. The molecular formula is C26H25N3O3. The van der Waals surface area contributed by atoms with E-state index < -0.39 is 0 Å². The molecule has 2 amide bonds. The largest absolute Gasteiger partial charge is 0.464 e. The minimum absolute atomic E-state index is 0.0647. The number of rotatable bonds is 8. The molecule has 0 aliphatic carbocycles. The lowest BCUT2D eigenvalue weighted by Crippen LogP contribution is -2.41. The summed E-state index contributed by atoms with van der Waals surface area (Å²) >= 11 is 0. The van der Waals surface area contributed by atoms with Gasteiger partial charge >= 0.3 is 0 Å². The van der Waals surface area contributed by atoms with Crippen molar-refractivity contribution in [2.24, 2.45) is 0 Å². The standard InChI is InChI=1S/C26H25N3O3/c1-29(26(31)21-10-11-24-20(18-21)13-16-32-24)22(17-19-7-3-2-4-8-19)12-15-28-25(30)23-9-5-6-14-27-23/h2-11,13-14,16,18,22H,12,15,17H2,1H3,(H,28,30)/t22-/m1/s1. The van der Waals surface area contributed by atoms with E-state index in [2.05, 4.69) is 22.4 Å². The molecule has 2 heterocycles. The van der Waals surface area contributed by atoms with Crippen molar-refractivity contribution in [3.63, 3.8) is 0 Å². The first-order chi connectivity index (χ1) is 15.6. The van der Waals surface area contributed by atoms with Crippen LogP contribution in [0.4, 0.5) is 0 Å². The molecule has 6 heteroatoms. The summed E-state index contributed by atoms with van der Waals surface area (Å²) < 4.78 is 5.38. The Morgan fingerprint density at radius 1 is 1.03 bits per heavy atom. The van der Waals surface area contributed by atoms with Crippen molar-refractivity contribution in [1.82, 2.24) is 15.2 Å². The van der Waals surface area contributed by atoms with E-state index in [0.29, 0.717) is 30.6 Å². The highest BCUT2D eigenvalue weighted by Crippen LogP contribution is 2.20. The lowest BCUT2D eigenvalue weighted by atomic mass is 10.0. The van der Waals surface area contributed by atoms with Gasteiger partial charge in [0.15, 0.2) is 0 Å². The maximum atomic E-state index is 13.3. The van der Waals surface area contributed by atoms with Crippen LogP contribution in [0, 0.1) is 0 Å². The number of benzene rings is 2. The third-order valence-electron chi connectivity index (χ3n) is 5.54. The van der Waals surface area contributed by atoms with Gasteiger partial charge in [-0.3, -0.25) is 14.6 Å². The van der Waals surface area contributed by atoms with Gasteiger partial charge in [0.25, 0.3) is 11.8 Å². The second-order valence-corrected chi connectivity index (χ2v) is 7.69. The Hall–Kier alpha value is -3.93. The molecule has 0 saturated carbocycles. The predicted molar refractivity (Wildman–Crippen MR) is 123 cm³/mol. The van der Waals surface area contributed by atoms with E-state index in [9.17, 15) is 9.59 Å². The SMILES string of the molecule is CN(C(=O)c1ccc2occc2c1)[C@H](CCNC(=O)c1ccccn1)Cc1ccccc1. The van der Waals surface area contributed by atoms with Crippen molar-refractivity contribution in [1.29, 1.82) is 0 Å². The fourth-order valence-electron chi connectivity index (χ4n) is 3.73. The van der Waals surface area contributed by atoms with Crippen molar-refractivity contribution in [2.45, 2.75) is 18.9 Å². The number of hydrogen-bond acceptors (Lipinski definition) is 4. The van der Waals surface area contributed by atoms with Crippen molar-refractivity contribution < 1.29 is 14.0 Å². The average Bonchev–Trinajstić information content (AvgIpc) is 3.31. The van der Waals surface area contributed by atoms with E-state index in [0.717, 1.165) is 16.5 Å². The third-order valence-corrected chi connectivity index (χ3v) is 5.54. The third kappa shape index (κ3) is 5.03. The summed E-state index contributed by atoms with van der Waals surface area (Å²) in [5.41, 5.74) is 2.88. The number of carbonyl (C=O) groups excluding carboxylic acids is 2. The van der Waals surface area contributed by atoms with Gasteiger partial charge in [-0.25, -0.2) is 0 Å². The highest BCUT2D eigenvalue weighted by atomic mass is 16.3. The minimum atomic E-state index is -0.219. The van der Waals surface area contributed by atoms with Gasteiger partial charge in [0.05, 0.1) is 6.26 Å². The summed E-state index contributed by atoms with van der Waals surface area (Å²) in [6, 6.07) is 22.5. The van der Waals surface area contributed by atoms with Gasteiger partial charge in [-0.2, -0.15) is 0 Å². The van der Waals surface area contributed by atoms with Crippen LogP contribution in [-0.4, -0.2) is 41.3 Å². The van der Waals surface area contributed by atoms with Crippen LogP contribution in [0.2, 0.25) is 0 Å². The molecule has 0 spiro atoms. The van der Waals surface area contributed by atoms with Crippen LogP contribution < -0.4 is 5.32 Å². The van der Waals surface area contributed by atoms with E-state index >= 15 is 0 Å². The molecule has 0 unspecified atom stereocenters. The monoisotopic (exact) mass is 427 g/mol. The van der Waals surface area contributed by atoms with Gasteiger partial charge in [0.1, 0.15) is 11.3 Å². The normalized spacial score (nSPS) is 11.8. The Balaban J connectivity index is 1.47. The Morgan fingerprint density at radius 3 is 2.62 bits per heavy atom. The van der Waals surface area contributed by atoms with Crippen molar-refractivity contribution in [3.8, 4) is 0 Å². The van der Waals surface area contributed by atoms with E-state index in [4.69, 9.17) is 4.42 Å². The number of pyridine rings is 1. The zero-order valence-electron chi connectivity index (χ0n) is 17.9. The van der Waals surface area contributed by atoms with Crippen LogP contribution in [0.3, 0.4) is 0 Å². The Morgan fingerprint density at radius 2 is 1.84 bits per heavy atom. The van der Waals surface area contributed by atoms with Crippen LogP contribution in [0.25, 0.3) is 11.0 Å². The maximum absolute atomic E-state index is 13.3. The Labute approximate surface area is 186 Å². The molecule has 2 aromatic carbocycles. The number of hydrogen-bond donors (Lipinski definition) is 1. The summed E-state index contributed by atoms with van der Waals surface area (Å²) in [5, 5.41) is 3.81. The summed E-state index contributed by atoms with van der Waals surface area (Å²) in [6.45, 7) is 0.436. The summed E-state index contributed by atoms with van der Waals surface area (Å²) in [4.78, 5) is 31.5. The fourth-order valence-corrected chi connectivity index (χ4v) is 3.73. The molecule has 4 aromatic rings. The maximum Gasteiger partial charge on any atom is 0.269 e. The molecule has 6 nitrogen and oxygen atoms in total. The summed E-state index contributed by atoms with van der Waals surface area (Å²) in [6.07, 6.45) is 4.52. The molecule has 0 aliphatic rings. The average molecular weight is 428 g/mol. The molecule has 4 rings (SSSR count). The molecule has 0 saturated heterocycles. The van der Waals surface area contributed by atoms with Gasteiger partial charge in [0, 0.05) is 36.8 Å². The predicted octanol–water partition coefficient (Wildman–Crippen LogP) is 4.33. The van der Waals surface area contributed by atoms with E-state index in [-0.39, 0.29) is 17.9 Å². The quantitative estimate of drug-likeness (QED) is 0.454. The molecule has 2 aromatic heterocycles. The van der Waals surface area contributed by atoms with E-state index in [1.54, 1.807) is 41.6 Å². The first-order valence-electron chi connectivity index (χ1n) is 10.6. The van der Waals surface area contributed by atoms with Crippen LogP contribution in [0.15, 0.2) is 89.7 Å². The van der Waals surface area contributed by atoms with E-state index in [1.807, 2.05) is 43.4 Å². The zero-order chi connectivity index (χ0) is 22.3. The van der Waals surface area contributed by atoms with Crippen molar-refractivity contribution in [2.75, 3.05) is 13.6 Å². The van der Waals surface area contributed by atoms with E-state index in [1.165, 1.54) is 0 Å². The number of aromatic nitrogens is 1. The number of nitrogens with zero attached hydrogens (tertiary/aromatic N) is 2. The van der Waals surface area contributed by atoms with Gasteiger partial charge in [-0.05, 0) is 54.8 Å². The first-order valence-corrected chi connectivity index (χ1v) is 10.6. The molecule has 0 aliphatic heterocycles. The van der Waals surface area contributed by atoms with Crippen LogP contribution in [0.5, 0.6) is 0 Å². The minimum Gasteiger partial charge on any atom is -0.464 e. The Bertz CT molecular complexity index is 1190. The van der Waals surface area contributed by atoms with Crippen molar-refractivity contribution >= 4 is 22.8 Å². The smallest absolute Gasteiger partial charge is 0.269 e. The summed E-state index contributed by atoms with van der Waals surface area (Å²) in [5.74, 6) is -0.284. The molecule has 0 bridgehead atoms. The molecular weight excluding hydrogens is 402 g/mol. The lowest BCUT2D eigenvalue weighted by Gasteiger charge is -2.29. The molecule has 1 N–H and O–H groups in total. The molecule has 162 valence electrons.